The lowest BCUT2D eigenvalue weighted by molar-refractivity contribution is -0.140. The van der Waals surface area contributed by atoms with Crippen molar-refractivity contribution in [2.45, 2.75) is 19.4 Å². The number of carbonyl (C=O) groups excluding carboxylic acids is 1. The van der Waals surface area contributed by atoms with Crippen molar-refractivity contribution in [1.82, 2.24) is 5.32 Å². The van der Waals surface area contributed by atoms with Gasteiger partial charge in [0.15, 0.2) is 0 Å². The van der Waals surface area contributed by atoms with Crippen molar-refractivity contribution in [3.05, 3.63) is 23.7 Å². The Morgan fingerprint density at radius 3 is 2.76 bits per heavy atom. The van der Waals surface area contributed by atoms with Crippen LogP contribution in [0, 0.1) is 0 Å². The molecule has 6 nitrogen and oxygen atoms in total. The fourth-order valence-corrected chi connectivity index (χ4v) is 1.29. The van der Waals surface area contributed by atoms with Gasteiger partial charge < -0.3 is 19.6 Å². The van der Waals surface area contributed by atoms with Crippen molar-refractivity contribution in [1.29, 1.82) is 0 Å². The van der Waals surface area contributed by atoms with E-state index >= 15 is 0 Å². The van der Waals surface area contributed by atoms with E-state index in [9.17, 15) is 9.59 Å². The quantitative estimate of drug-likeness (QED) is 0.727. The predicted molar refractivity (Wildman–Crippen MR) is 58.7 cm³/mol. The van der Waals surface area contributed by atoms with Crippen LogP contribution < -0.4 is 5.32 Å². The van der Waals surface area contributed by atoms with Crippen molar-refractivity contribution in [2.75, 3.05) is 13.7 Å². The van der Waals surface area contributed by atoms with Crippen LogP contribution in [0.3, 0.4) is 0 Å². The molecule has 1 rings (SSSR count). The fourth-order valence-electron chi connectivity index (χ4n) is 1.29. The van der Waals surface area contributed by atoms with Crippen LogP contribution in [0.15, 0.2) is 16.5 Å². The highest BCUT2D eigenvalue weighted by atomic mass is 16.5. The molecule has 2 N–H and O–H groups in total. The minimum absolute atomic E-state index is 0.0957. The zero-order valence-electron chi connectivity index (χ0n) is 9.73. The number of carbonyl (C=O) groups is 2. The number of ether oxygens (including phenoxy) is 1. The van der Waals surface area contributed by atoms with E-state index in [-0.39, 0.29) is 24.2 Å². The van der Waals surface area contributed by atoms with Gasteiger partial charge in [-0.15, -0.1) is 0 Å². The molecule has 1 heterocycles. The summed E-state index contributed by atoms with van der Waals surface area (Å²) < 4.78 is 9.61. The van der Waals surface area contributed by atoms with Crippen LogP contribution in [0.5, 0.6) is 0 Å². The molecule has 1 unspecified atom stereocenters. The Bertz CT molecular complexity index is 398. The van der Waals surface area contributed by atoms with Gasteiger partial charge in [-0.2, -0.15) is 0 Å². The second kappa shape index (κ2) is 6.05. The number of nitrogens with one attached hydrogen (secondary N) is 1. The Kier molecular flexibility index (Phi) is 4.71. The third kappa shape index (κ3) is 3.92. The molecule has 1 aromatic heterocycles. The topological polar surface area (TPSA) is 88.8 Å². The number of esters is 1. The molecule has 0 bridgehead atoms. The van der Waals surface area contributed by atoms with Gasteiger partial charge in [0.25, 0.3) is 0 Å². The first-order valence-corrected chi connectivity index (χ1v) is 5.17. The number of hydrogen-bond donors (Lipinski definition) is 2. The molecule has 17 heavy (non-hydrogen) atoms. The van der Waals surface area contributed by atoms with Gasteiger partial charge in [-0.05, 0) is 19.1 Å². The summed E-state index contributed by atoms with van der Waals surface area (Å²) in [6, 6.07) is 2.84. The normalized spacial score (nSPS) is 12.1. The van der Waals surface area contributed by atoms with Gasteiger partial charge in [0.1, 0.15) is 5.76 Å². The first-order valence-electron chi connectivity index (χ1n) is 5.17. The van der Waals surface area contributed by atoms with E-state index in [0.29, 0.717) is 12.3 Å². The number of carboxylic acids is 1. The van der Waals surface area contributed by atoms with Gasteiger partial charge in [0.2, 0.25) is 5.76 Å². The van der Waals surface area contributed by atoms with Crippen LogP contribution in [0.25, 0.3) is 0 Å². The van der Waals surface area contributed by atoms with Gasteiger partial charge in [0, 0.05) is 6.54 Å². The third-order valence-electron chi connectivity index (χ3n) is 2.27. The molecule has 0 saturated carbocycles. The van der Waals surface area contributed by atoms with Crippen molar-refractivity contribution in [2.24, 2.45) is 0 Å². The second-order valence-electron chi connectivity index (χ2n) is 3.51. The van der Waals surface area contributed by atoms with Crippen LogP contribution in [-0.2, 0) is 9.53 Å². The smallest absolute Gasteiger partial charge is 0.371 e. The van der Waals surface area contributed by atoms with Gasteiger partial charge in [-0.25, -0.2) is 4.79 Å². The van der Waals surface area contributed by atoms with Crippen LogP contribution in [0.2, 0.25) is 0 Å². The predicted octanol–water partition coefficient (Wildman–Crippen LogP) is 1.19. The molecule has 0 saturated heterocycles. The van der Waals surface area contributed by atoms with E-state index in [4.69, 9.17) is 9.52 Å². The minimum Gasteiger partial charge on any atom is -0.475 e. The van der Waals surface area contributed by atoms with E-state index in [1.54, 1.807) is 6.07 Å². The number of carboxylic acid groups (broad SMARTS) is 1. The highest BCUT2D eigenvalue weighted by Gasteiger charge is 2.13. The molecule has 0 aliphatic heterocycles. The number of methoxy groups -OCH3 is 1. The molecular formula is C11H15NO5. The van der Waals surface area contributed by atoms with Crippen LogP contribution in [0.4, 0.5) is 0 Å². The summed E-state index contributed by atoms with van der Waals surface area (Å²) in [5.41, 5.74) is 0. The van der Waals surface area contributed by atoms with E-state index in [1.807, 2.05) is 6.92 Å². The Balaban J connectivity index is 2.43. The maximum Gasteiger partial charge on any atom is 0.371 e. The molecule has 0 radical (unpaired) electrons. The minimum atomic E-state index is -1.10. The van der Waals surface area contributed by atoms with E-state index in [1.165, 1.54) is 13.2 Å². The maximum atomic E-state index is 10.9. The summed E-state index contributed by atoms with van der Waals surface area (Å²) in [5, 5.41) is 11.7. The molecule has 0 fully saturated rings. The zero-order chi connectivity index (χ0) is 12.8. The lowest BCUT2D eigenvalue weighted by Gasteiger charge is -2.10. The zero-order valence-corrected chi connectivity index (χ0v) is 9.73. The average Bonchev–Trinajstić information content (AvgIpc) is 2.78. The lowest BCUT2D eigenvalue weighted by atomic mass is 10.2. The third-order valence-corrected chi connectivity index (χ3v) is 2.27. The molecule has 94 valence electrons. The SMILES string of the molecule is COC(=O)CCNC(C)c1ccc(C(=O)O)o1. The molecule has 0 spiro atoms. The summed E-state index contributed by atoms with van der Waals surface area (Å²) in [7, 11) is 1.33. The summed E-state index contributed by atoms with van der Waals surface area (Å²) in [5.74, 6) is -0.970. The Morgan fingerprint density at radius 2 is 2.24 bits per heavy atom. The van der Waals surface area contributed by atoms with Crippen LogP contribution in [-0.4, -0.2) is 30.7 Å². The van der Waals surface area contributed by atoms with Crippen molar-refractivity contribution >= 4 is 11.9 Å². The highest BCUT2D eigenvalue weighted by molar-refractivity contribution is 5.84. The van der Waals surface area contributed by atoms with E-state index in [2.05, 4.69) is 10.1 Å². The monoisotopic (exact) mass is 241 g/mol. The summed E-state index contributed by atoms with van der Waals surface area (Å²) >= 11 is 0. The number of hydrogen-bond acceptors (Lipinski definition) is 5. The Morgan fingerprint density at radius 1 is 1.53 bits per heavy atom. The van der Waals surface area contributed by atoms with Crippen LogP contribution in [0.1, 0.15) is 35.7 Å². The van der Waals surface area contributed by atoms with Gasteiger partial charge in [0.05, 0.1) is 19.6 Å². The summed E-state index contributed by atoms with van der Waals surface area (Å²) in [4.78, 5) is 21.5. The van der Waals surface area contributed by atoms with Crippen molar-refractivity contribution in [3.8, 4) is 0 Å². The van der Waals surface area contributed by atoms with E-state index < -0.39 is 5.97 Å². The van der Waals surface area contributed by atoms with E-state index in [0.717, 1.165) is 0 Å². The van der Waals surface area contributed by atoms with Gasteiger partial charge in [-0.3, -0.25) is 4.79 Å². The fraction of sp³-hybridized carbons (Fsp3) is 0.455. The van der Waals surface area contributed by atoms with Gasteiger partial charge in [-0.1, -0.05) is 0 Å². The molecule has 0 aliphatic rings. The number of furan rings is 1. The molecule has 0 aliphatic carbocycles. The van der Waals surface area contributed by atoms with Crippen molar-refractivity contribution in [3.63, 3.8) is 0 Å². The molecule has 6 heteroatoms. The summed E-state index contributed by atoms with van der Waals surface area (Å²) in [6.07, 6.45) is 0.257. The Labute approximate surface area is 98.6 Å². The summed E-state index contributed by atoms with van der Waals surface area (Å²) in [6.45, 7) is 2.26. The standard InChI is InChI=1S/C11H15NO5/c1-7(12-6-5-10(13)16-2)8-3-4-9(17-8)11(14)15/h3-4,7,12H,5-6H2,1-2H3,(H,14,15). The lowest BCUT2D eigenvalue weighted by Crippen LogP contribution is -2.22. The highest BCUT2D eigenvalue weighted by Crippen LogP contribution is 2.16. The molecule has 0 amide bonds. The molecule has 1 atom stereocenters. The van der Waals surface area contributed by atoms with Crippen molar-refractivity contribution < 1.29 is 23.8 Å². The van der Waals surface area contributed by atoms with Gasteiger partial charge >= 0.3 is 11.9 Å². The second-order valence-corrected chi connectivity index (χ2v) is 3.51. The largest absolute Gasteiger partial charge is 0.475 e. The first kappa shape index (κ1) is 13.2. The molecule has 0 aromatic carbocycles. The number of aromatic carboxylic acids is 1. The van der Waals surface area contributed by atoms with Crippen LogP contribution >= 0.6 is 0 Å². The average molecular weight is 241 g/mol. The molecular weight excluding hydrogens is 226 g/mol. The number of rotatable bonds is 6. The first-order chi connectivity index (χ1) is 8.04. The molecule has 1 aromatic rings. The maximum absolute atomic E-state index is 10.9. The Hall–Kier alpha value is -1.82.